The first-order chi connectivity index (χ1) is 7.67. The maximum absolute atomic E-state index is 11.6. The van der Waals surface area contributed by atoms with E-state index in [1.165, 1.54) is 0 Å². The number of hydrogen-bond acceptors (Lipinski definition) is 4. The van der Waals surface area contributed by atoms with Crippen LogP contribution in [0.4, 0.5) is 0 Å². The Balaban J connectivity index is 2.27. The lowest BCUT2D eigenvalue weighted by Crippen LogP contribution is -2.35. The number of nitrogens with two attached hydrogens (primary N) is 1. The van der Waals surface area contributed by atoms with Crippen molar-refractivity contribution in [3.8, 4) is 0 Å². The van der Waals surface area contributed by atoms with Gasteiger partial charge in [-0.05, 0) is 13.3 Å². The molecule has 1 amide bonds. The molecule has 0 radical (unpaired) electrons. The molecule has 1 unspecified atom stereocenters. The Bertz CT molecular complexity index is 334. The van der Waals surface area contributed by atoms with E-state index in [-0.39, 0.29) is 11.8 Å². The molecular weight excluding hydrogens is 222 g/mol. The van der Waals surface area contributed by atoms with E-state index in [4.69, 9.17) is 5.73 Å². The van der Waals surface area contributed by atoms with E-state index in [2.05, 4.69) is 10.3 Å². The van der Waals surface area contributed by atoms with Crippen LogP contribution >= 0.6 is 11.3 Å². The van der Waals surface area contributed by atoms with Crippen molar-refractivity contribution in [2.24, 2.45) is 11.7 Å². The number of rotatable bonds is 6. The minimum Gasteiger partial charge on any atom is -0.355 e. The molecule has 5 heteroatoms. The standard InChI is InChI=1S/C11H19N3OS/c1-3-9(6-12)11(15)13-5-4-10-7-16-8(2)14-10/h7,9H,3-6,12H2,1-2H3,(H,13,15). The van der Waals surface area contributed by atoms with Gasteiger partial charge in [-0.1, -0.05) is 6.92 Å². The first kappa shape index (κ1) is 13.1. The molecule has 1 atom stereocenters. The third-order valence-electron chi connectivity index (χ3n) is 2.50. The lowest BCUT2D eigenvalue weighted by molar-refractivity contribution is -0.124. The van der Waals surface area contributed by atoms with Gasteiger partial charge in [-0.3, -0.25) is 4.79 Å². The van der Waals surface area contributed by atoms with Crippen LogP contribution in [0.15, 0.2) is 5.38 Å². The number of hydrogen-bond donors (Lipinski definition) is 2. The molecule has 1 rings (SSSR count). The molecule has 0 bridgehead atoms. The number of thiazole rings is 1. The zero-order valence-corrected chi connectivity index (χ0v) is 10.6. The molecule has 0 saturated heterocycles. The van der Waals surface area contributed by atoms with Crippen molar-refractivity contribution in [3.05, 3.63) is 16.1 Å². The highest BCUT2D eigenvalue weighted by Gasteiger charge is 2.13. The molecule has 4 nitrogen and oxygen atoms in total. The van der Waals surface area contributed by atoms with Gasteiger partial charge in [0.05, 0.1) is 10.7 Å². The molecule has 0 spiro atoms. The number of amides is 1. The summed E-state index contributed by atoms with van der Waals surface area (Å²) in [4.78, 5) is 15.9. The third kappa shape index (κ3) is 3.90. The van der Waals surface area contributed by atoms with E-state index >= 15 is 0 Å². The molecule has 0 aliphatic carbocycles. The molecule has 0 aliphatic heterocycles. The molecule has 90 valence electrons. The average molecular weight is 241 g/mol. The van der Waals surface area contributed by atoms with Crippen LogP contribution in [-0.2, 0) is 11.2 Å². The van der Waals surface area contributed by atoms with Crippen LogP contribution in [0.25, 0.3) is 0 Å². The lowest BCUT2D eigenvalue weighted by Gasteiger charge is -2.11. The Labute approximate surface area is 100 Å². The number of nitrogens with one attached hydrogen (secondary N) is 1. The molecule has 1 aromatic heterocycles. The minimum atomic E-state index is -0.0582. The first-order valence-electron chi connectivity index (χ1n) is 5.56. The van der Waals surface area contributed by atoms with Crippen molar-refractivity contribution in [2.75, 3.05) is 13.1 Å². The summed E-state index contributed by atoms with van der Waals surface area (Å²) in [6.45, 7) is 5.01. The molecule has 1 heterocycles. The zero-order valence-electron chi connectivity index (χ0n) is 9.82. The van der Waals surface area contributed by atoms with Gasteiger partial charge in [0, 0.05) is 30.8 Å². The lowest BCUT2D eigenvalue weighted by atomic mass is 10.1. The molecule has 1 aromatic rings. The molecule has 0 aliphatic rings. The molecular formula is C11H19N3OS. The largest absolute Gasteiger partial charge is 0.355 e. The Morgan fingerprint density at radius 1 is 1.69 bits per heavy atom. The fraction of sp³-hybridized carbons (Fsp3) is 0.636. The van der Waals surface area contributed by atoms with E-state index < -0.39 is 0 Å². The predicted molar refractivity (Wildman–Crippen MR) is 66.4 cm³/mol. The van der Waals surface area contributed by atoms with Crippen molar-refractivity contribution in [2.45, 2.75) is 26.7 Å². The van der Waals surface area contributed by atoms with E-state index in [9.17, 15) is 4.79 Å². The van der Waals surface area contributed by atoms with Crippen molar-refractivity contribution in [1.29, 1.82) is 0 Å². The predicted octanol–water partition coefficient (Wildman–Crippen LogP) is 1.10. The van der Waals surface area contributed by atoms with Gasteiger partial charge in [0.1, 0.15) is 0 Å². The van der Waals surface area contributed by atoms with Crippen molar-refractivity contribution in [3.63, 3.8) is 0 Å². The number of carbonyl (C=O) groups is 1. The molecule has 16 heavy (non-hydrogen) atoms. The molecule has 0 fully saturated rings. The van der Waals surface area contributed by atoms with Gasteiger partial charge < -0.3 is 11.1 Å². The monoisotopic (exact) mass is 241 g/mol. The Morgan fingerprint density at radius 3 is 2.94 bits per heavy atom. The van der Waals surface area contributed by atoms with Crippen LogP contribution in [0, 0.1) is 12.8 Å². The van der Waals surface area contributed by atoms with Crippen LogP contribution in [0.2, 0.25) is 0 Å². The molecule has 0 saturated carbocycles. The molecule has 3 N–H and O–H groups in total. The maximum Gasteiger partial charge on any atom is 0.224 e. The number of carbonyl (C=O) groups excluding carboxylic acids is 1. The summed E-state index contributed by atoms with van der Waals surface area (Å²) in [5, 5.41) is 5.98. The van der Waals surface area contributed by atoms with Crippen LogP contribution in [0.3, 0.4) is 0 Å². The fourth-order valence-electron chi connectivity index (χ4n) is 1.44. The van der Waals surface area contributed by atoms with Crippen molar-refractivity contribution < 1.29 is 4.79 Å². The second-order valence-corrected chi connectivity index (χ2v) is 4.80. The number of aromatic nitrogens is 1. The van der Waals surface area contributed by atoms with Crippen LogP contribution in [-0.4, -0.2) is 24.0 Å². The Hall–Kier alpha value is -0.940. The number of aryl methyl sites for hydroxylation is 1. The second-order valence-electron chi connectivity index (χ2n) is 3.74. The quantitative estimate of drug-likeness (QED) is 0.783. The van der Waals surface area contributed by atoms with E-state index in [1.54, 1.807) is 11.3 Å². The minimum absolute atomic E-state index is 0.0527. The third-order valence-corrected chi connectivity index (χ3v) is 3.32. The van der Waals surface area contributed by atoms with Gasteiger partial charge in [-0.2, -0.15) is 0 Å². The van der Waals surface area contributed by atoms with Crippen LogP contribution < -0.4 is 11.1 Å². The highest BCUT2D eigenvalue weighted by molar-refractivity contribution is 7.09. The van der Waals surface area contributed by atoms with Gasteiger partial charge in [0.2, 0.25) is 5.91 Å². The smallest absolute Gasteiger partial charge is 0.224 e. The summed E-state index contributed by atoms with van der Waals surface area (Å²) in [7, 11) is 0. The summed E-state index contributed by atoms with van der Waals surface area (Å²) in [5.74, 6) is -0.00544. The summed E-state index contributed by atoms with van der Waals surface area (Å²) in [6, 6.07) is 0. The zero-order chi connectivity index (χ0) is 12.0. The highest BCUT2D eigenvalue weighted by atomic mass is 32.1. The average Bonchev–Trinajstić information content (AvgIpc) is 2.66. The Kier molecular flexibility index (Phi) is 5.42. The van der Waals surface area contributed by atoms with Gasteiger partial charge >= 0.3 is 0 Å². The van der Waals surface area contributed by atoms with Crippen molar-refractivity contribution in [1.82, 2.24) is 10.3 Å². The topological polar surface area (TPSA) is 68.0 Å². The summed E-state index contributed by atoms with van der Waals surface area (Å²) in [5.41, 5.74) is 6.54. The normalized spacial score (nSPS) is 12.4. The summed E-state index contributed by atoms with van der Waals surface area (Å²) < 4.78 is 0. The van der Waals surface area contributed by atoms with Gasteiger partial charge in [0.15, 0.2) is 0 Å². The second kappa shape index (κ2) is 6.60. The Morgan fingerprint density at radius 2 is 2.44 bits per heavy atom. The van der Waals surface area contributed by atoms with Gasteiger partial charge in [-0.15, -0.1) is 11.3 Å². The summed E-state index contributed by atoms with van der Waals surface area (Å²) >= 11 is 1.63. The van der Waals surface area contributed by atoms with Gasteiger partial charge in [0.25, 0.3) is 0 Å². The number of nitrogens with zero attached hydrogens (tertiary/aromatic N) is 1. The van der Waals surface area contributed by atoms with E-state index in [0.29, 0.717) is 13.1 Å². The maximum atomic E-state index is 11.6. The SMILES string of the molecule is CCC(CN)C(=O)NCCc1csc(C)n1. The van der Waals surface area contributed by atoms with Crippen LogP contribution in [0.1, 0.15) is 24.0 Å². The summed E-state index contributed by atoms with van der Waals surface area (Å²) in [6.07, 6.45) is 1.58. The van der Waals surface area contributed by atoms with Crippen molar-refractivity contribution >= 4 is 17.2 Å². The first-order valence-corrected chi connectivity index (χ1v) is 6.44. The molecule has 0 aromatic carbocycles. The highest BCUT2D eigenvalue weighted by Crippen LogP contribution is 2.08. The van der Waals surface area contributed by atoms with E-state index in [0.717, 1.165) is 23.5 Å². The van der Waals surface area contributed by atoms with Gasteiger partial charge in [-0.25, -0.2) is 4.98 Å². The van der Waals surface area contributed by atoms with E-state index in [1.807, 2.05) is 19.2 Å². The fourth-order valence-corrected chi connectivity index (χ4v) is 2.09. The van der Waals surface area contributed by atoms with Crippen LogP contribution in [0.5, 0.6) is 0 Å².